The lowest BCUT2D eigenvalue weighted by Crippen LogP contribution is -2.58. The maximum atomic E-state index is 12.5. The Morgan fingerprint density at radius 1 is 1.38 bits per heavy atom. The number of nitrogens with one attached hydrogen (secondary N) is 2. The molecule has 4 rings (SSSR count). The molecular formula is C16H20N6O2. The van der Waals surface area contributed by atoms with Gasteiger partial charge < -0.3 is 15.1 Å². The van der Waals surface area contributed by atoms with Crippen molar-refractivity contribution < 1.29 is 9.59 Å². The van der Waals surface area contributed by atoms with Crippen molar-refractivity contribution in [2.75, 3.05) is 32.0 Å². The standard InChI is InChI=1S/C16H20N6O2/c1-9-13-4-11(5-17-15(13)20-19-9)18-16(24)10-3-14(23)22(6-10)12-7-21(2)8-12/h4-5,10,12H,3,6-8H2,1-2H3,(H,18,24)(H,17,19,20). The van der Waals surface area contributed by atoms with Crippen LogP contribution in [0.4, 0.5) is 5.69 Å². The molecule has 2 N–H and O–H groups in total. The average molecular weight is 328 g/mol. The zero-order chi connectivity index (χ0) is 16.8. The van der Waals surface area contributed by atoms with Gasteiger partial charge in [-0.25, -0.2) is 4.98 Å². The number of aromatic amines is 1. The van der Waals surface area contributed by atoms with Crippen molar-refractivity contribution in [2.45, 2.75) is 19.4 Å². The molecule has 0 radical (unpaired) electrons. The van der Waals surface area contributed by atoms with Crippen LogP contribution < -0.4 is 5.32 Å². The zero-order valence-corrected chi connectivity index (χ0v) is 13.7. The third-order valence-corrected chi connectivity index (χ3v) is 4.88. The smallest absolute Gasteiger partial charge is 0.229 e. The molecule has 126 valence electrons. The van der Waals surface area contributed by atoms with Gasteiger partial charge in [-0.1, -0.05) is 0 Å². The Balaban J connectivity index is 1.44. The summed E-state index contributed by atoms with van der Waals surface area (Å²) in [5, 5.41) is 10.7. The van der Waals surface area contributed by atoms with Crippen LogP contribution in [-0.2, 0) is 9.59 Å². The predicted octanol–water partition coefficient (Wildman–Crippen LogP) is 0.367. The highest BCUT2D eigenvalue weighted by Gasteiger charge is 2.41. The Kier molecular flexibility index (Phi) is 3.49. The number of carbonyl (C=O) groups excluding carboxylic acids is 2. The SMILES string of the molecule is Cc1[nH]nc2ncc(NC(=O)C3CC(=O)N(C4CN(C)C4)C3)cc12. The fourth-order valence-electron chi connectivity index (χ4n) is 3.46. The van der Waals surface area contributed by atoms with E-state index in [0.717, 1.165) is 24.2 Å². The van der Waals surface area contributed by atoms with Gasteiger partial charge in [0, 0.05) is 37.1 Å². The summed E-state index contributed by atoms with van der Waals surface area (Å²) in [6.07, 6.45) is 1.88. The second-order valence-electron chi connectivity index (χ2n) is 6.76. The van der Waals surface area contributed by atoms with E-state index < -0.39 is 0 Å². The second-order valence-corrected chi connectivity index (χ2v) is 6.76. The second kappa shape index (κ2) is 5.55. The number of pyridine rings is 1. The number of aromatic nitrogens is 3. The summed E-state index contributed by atoms with van der Waals surface area (Å²) in [7, 11) is 2.03. The predicted molar refractivity (Wildman–Crippen MR) is 88.4 cm³/mol. The van der Waals surface area contributed by atoms with E-state index in [1.54, 1.807) is 6.20 Å². The van der Waals surface area contributed by atoms with Gasteiger partial charge in [0.2, 0.25) is 11.8 Å². The molecule has 0 spiro atoms. The molecule has 2 saturated heterocycles. The third kappa shape index (κ3) is 2.52. The van der Waals surface area contributed by atoms with Crippen LogP contribution in [0, 0.1) is 12.8 Å². The summed E-state index contributed by atoms with van der Waals surface area (Å²) < 4.78 is 0. The fraction of sp³-hybridized carbons (Fsp3) is 0.500. The maximum absolute atomic E-state index is 12.5. The van der Waals surface area contributed by atoms with Crippen LogP contribution in [-0.4, -0.2) is 69.5 Å². The Morgan fingerprint density at radius 3 is 2.92 bits per heavy atom. The van der Waals surface area contributed by atoms with E-state index in [0.29, 0.717) is 17.9 Å². The van der Waals surface area contributed by atoms with E-state index in [9.17, 15) is 9.59 Å². The lowest BCUT2D eigenvalue weighted by atomic mass is 10.1. The largest absolute Gasteiger partial charge is 0.336 e. The zero-order valence-electron chi connectivity index (χ0n) is 13.7. The minimum atomic E-state index is -0.301. The van der Waals surface area contributed by atoms with Crippen LogP contribution in [0.3, 0.4) is 0 Å². The summed E-state index contributed by atoms with van der Waals surface area (Å²) in [4.78, 5) is 32.9. The number of anilines is 1. The van der Waals surface area contributed by atoms with E-state index in [2.05, 4.69) is 25.4 Å². The number of nitrogens with zero attached hydrogens (tertiary/aromatic N) is 4. The summed E-state index contributed by atoms with van der Waals surface area (Å²) in [6, 6.07) is 2.11. The first-order chi connectivity index (χ1) is 11.5. The van der Waals surface area contributed by atoms with Gasteiger partial charge in [-0.05, 0) is 20.0 Å². The topological polar surface area (TPSA) is 94.2 Å². The van der Waals surface area contributed by atoms with Crippen molar-refractivity contribution in [2.24, 2.45) is 5.92 Å². The first-order valence-electron chi connectivity index (χ1n) is 8.11. The Hall–Kier alpha value is -2.48. The van der Waals surface area contributed by atoms with Crippen LogP contribution >= 0.6 is 0 Å². The van der Waals surface area contributed by atoms with E-state index >= 15 is 0 Å². The summed E-state index contributed by atoms with van der Waals surface area (Å²) in [5.74, 6) is -0.349. The van der Waals surface area contributed by atoms with Gasteiger partial charge in [0.05, 0.1) is 23.8 Å². The van der Waals surface area contributed by atoms with Gasteiger partial charge in [-0.15, -0.1) is 0 Å². The minimum Gasteiger partial charge on any atom is -0.336 e. The molecule has 1 unspecified atom stereocenters. The van der Waals surface area contributed by atoms with Gasteiger partial charge >= 0.3 is 0 Å². The minimum absolute atomic E-state index is 0.0764. The van der Waals surface area contributed by atoms with Crippen LogP contribution in [0.5, 0.6) is 0 Å². The normalized spacial score (nSPS) is 22.2. The molecule has 2 aromatic heterocycles. The van der Waals surface area contributed by atoms with Gasteiger partial charge in [0.25, 0.3) is 0 Å². The lowest BCUT2D eigenvalue weighted by Gasteiger charge is -2.42. The van der Waals surface area contributed by atoms with Crippen molar-refractivity contribution in [3.05, 3.63) is 18.0 Å². The summed E-state index contributed by atoms with van der Waals surface area (Å²) >= 11 is 0. The first kappa shape index (κ1) is 15.1. The van der Waals surface area contributed by atoms with Crippen molar-refractivity contribution in [3.8, 4) is 0 Å². The highest BCUT2D eigenvalue weighted by atomic mass is 16.2. The molecule has 8 nitrogen and oxygen atoms in total. The van der Waals surface area contributed by atoms with Gasteiger partial charge in [-0.3, -0.25) is 14.7 Å². The molecule has 2 aliphatic rings. The average Bonchev–Trinajstić information content (AvgIpc) is 3.08. The number of likely N-dealkylation sites (N-methyl/N-ethyl adjacent to an activating group) is 1. The molecule has 0 saturated carbocycles. The van der Waals surface area contributed by atoms with Crippen molar-refractivity contribution in [1.82, 2.24) is 25.0 Å². The summed E-state index contributed by atoms with van der Waals surface area (Å²) in [6.45, 7) is 4.19. The Bertz CT molecular complexity index is 810. The van der Waals surface area contributed by atoms with Crippen molar-refractivity contribution >= 4 is 28.5 Å². The van der Waals surface area contributed by atoms with Crippen LogP contribution in [0.1, 0.15) is 12.1 Å². The molecule has 0 bridgehead atoms. The number of rotatable bonds is 3. The number of aryl methyl sites for hydroxylation is 1. The van der Waals surface area contributed by atoms with E-state index in [1.807, 2.05) is 24.9 Å². The molecule has 2 aliphatic heterocycles. The molecule has 4 heterocycles. The molecule has 24 heavy (non-hydrogen) atoms. The molecular weight excluding hydrogens is 308 g/mol. The Morgan fingerprint density at radius 2 is 2.17 bits per heavy atom. The van der Waals surface area contributed by atoms with E-state index in [-0.39, 0.29) is 30.2 Å². The molecule has 2 fully saturated rings. The number of hydrogen-bond donors (Lipinski definition) is 2. The number of hydrogen-bond acceptors (Lipinski definition) is 5. The molecule has 1 atom stereocenters. The highest BCUT2D eigenvalue weighted by Crippen LogP contribution is 2.26. The molecule has 2 amide bonds. The van der Waals surface area contributed by atoms with Crippen LogP contribution in [0.25, 0.3) is 11.0 Å². The van der Waals surface area contributed by atoms with Crippen molar-refractivity contribution in [3.63, 3.8) is 0 Å². The number of amides is 2. The lowest BCUT2D eigenvalue weighted by molar-refractivity contribution is -0.132. The van der Waals surface area contributed by atoms with Gasteiger partial charge in [-0.2, -0.15) is 5.10 Å². The monoisotopic (exact) mass is 328 g/mol. The maximum Gasteiger partial charge on any atom is 0.229 e. The fourth-order valence-corrected chi connectivity index (χ4v) is 3.46. The third-order valence-electron chi connectivity index (χ3n) is 4.88. The molecule has 0 aromatic carbocycles. The van der Waals surface area contributed by atoms with E-state index in [1.165, 1.54) is 0 Å². The quantitative estimate of drug-likeness (QED) is 0.849. The highest BCUT2D eigenvalue weighted by molar-refractivity contribution is 5.98. The molecule has 0 aliphatic carbocycles. The number of H-pyrrole nitrogens is 1. The number of carbonyl (C=O) groups is 2. The molecule has 2 aromatic rings. The summed E-state index contributed by atoms with van der Waals surface area (Å²) in [5.41, 5.74) is 2.16. The number of likely N-dealkylation sites (tertiary alicyclic amines) is 2. The van der Waals surface area contributed by atoms with Gasteiger partial charge in [0.1, 0.15) is 0 Å². The van der Waals surface area contributed by atoms with E-state index in [4.69, 9.17) is 0 Å². The first-order valence-corrected chi connectivity index (χ1v) is 8.11. The van der Waals surface area contributed by atoms with Gasteiger partial charge in [0.15, 0.2) is 5.65 Å². The number of fused-ring (bicyclic) bond motifs is 1. The molecule has 8 heteroatoms. The Labute approximate surface area is 139 Å². The van der Waals surface area contributed by atoms with Crippen LogP contribution in [0.15, 0.2) is 12.3 Å². The van der Waals surface area contributed by atoms with Crippen molar-refractivity contribution in [1.29, 1.82) is 0 Å². The van der Waals surface area contributed by atoms with Crippen LogP contribution in [0.2, 0.25) is 0 Å².